The normalized spacial score (nSPS) is 21.6. The lowest BCUT2D eigenvalue weighted by molar-refractivity contribution is -0.139. The van der Waals surface area contributed by atoms with Crippen LogP contribution in [0.1, 0.15) is 58.8 Å². The number of hydrogen-bond acceptors (Lipinski definition) is 5. The zero-order chi connectivity index (χ0) is 22.9. The Morgan fingerprint density at radius 2 is 1.97 bits per heavy atom. The molecule has 0 bridgehead atoms. The Hall–Kier alpha value is -1.93. The summed E-state index contributed by atoms with van der Waals surface area (Å²) >= 11 is 0. The monoisotopic (exact) mass is 446 g/mol. The highest BCUT2D eigenvalue weighted by Gasteiger charge is 2.38. The van der Waals surface area contributed by atoms with E-state index in [0.717, 1.165) is 71.2 Å². The second-order valence-corrected chi connectivity index (χ2v) is 9.42. The average molecular weight is 447 g/mol. The number of carbonyl (C=O) groups is 2. The van der Waals surface area contributed by atoms with Gasteiger partial charge in [-0.1, -0.05) is 26.2 Å². The van der Waals surface area contributed by atoms with Gasteiger partial charge in [-0.2, -0.15) is 0 Å². The molecule has 3 atom stereocenters. The van der Waals surface area contributed by atoms with E-state index >= 15 is 0 Å². The Morgan fingerprint density at radius 3 is 2.62 bits per heavy atom. The summed E-state index contributed by atoms with van der Waals surface area (Å²) in [7, 11) is 1.78. The van der Waals surface area contributed by atoms with Crippen LogP contribution in [0.4, 0.5) is 0 Å². The molecule has 2 heterocycles. The van der Waals surface area contributed by atoms with Crippen molar-refractivity contribution in [2.24, 2.45) is 5.92 Å². The first-order chi connectivity index (χ1) is 15.5. The highest BCUT2D eigenvalue weighted by Crippen LogP contribution is 2.29. The van der Waals surface area contributed by atoms with Crippen molar-refractivity contribution in [3.8, 4) is 0 Å². The van der Waals surface area contributed by atoms with Gasteiger partial charge in [0.05, 0.1) is 12.4 Å². The minimum atomic E-state index is -0.403. The number of likely N-dealkylation sites (tertiary alicyclic amines) is 1. The van der Waals surface area contributed by atoms with Crippen LogP contribution < -0.4 is 10.6 Å². The van der Waals surface area contributed by atoms with Crippen molar-refractivity contribution >= 4 is 11.8 Å². The lowest BCUT2D eigenvalue weighted by Crippen LogP contribution is -2.57. The fourth-order valence-corrected chi connectivity index (χ4v) is 5.10. The highest BCUT2D eigenvalue weighted by atomic mass is 16.2. The lowest BCUT2D eigenvalue weighted by atomic mass is 9.83. The van der Waals surface area contributed by atoms with Gasteiger partial charge in [0.1, 0.15) is 6.04 Å². The molecule has 8 heteroatoms. The Morgan fingerprint density at radius 1 is 1.19 bits per heavy atom. The predicted octanol–water partition coefficient (Wildman–Crippen LogP) is 1.87. The van der Waals surface area contributed by atoms with Gasteiger partial charge in [-0.15, -0.1) is 0 Å². The number of carbonyl (C=O) groups excluding carboxylic acids is 2. The van der Waals surface area contributed by atoms with Gasteiger partial charge in [0.25, 0.3) is 0 Å². The van der Waals surface area contributed by atoms with Gasteiger partial charge in [0, 0.05) is 44.6 Å². The second-order valence-electron chi connectivity index (χ2n) is 9.42. The number of nitrogens with one attached hydrogen (secondary N) is 2. The van der Waals surface area contributed by atoms with Crippen LogP contribution in [0.25, 0.3) is 0 Å². The maximum absolute atomic E-state index is 13.8. The molecule has 3 rings (SSSR count). The maximum Gasteiger partial charge on any atom is 0.245 e. The molecule has 0 unspecified atom stereocenters. The van der Waals surface area contributed by atoms with Crippen molar-refractivity contribution in [2.45, 2.75) is 83.5 Å². The molecule has 180 valence electrons. The predicted molar refractivity (Wildman–Crippen MR) is 126 cm³/mol. The number of aromatic nitrogens is 2. The Balaban J connectivity index is 1.65. The molecule has 1 saturated heterocycles. The number of imidazole rings is 1. The number of nitrogens with zero attached hydrogens (tertiary/aromatic N) is 4. The highest BCUT2D eigenvalue weighted by molar-refractivity contribution is 5.90. The van der Waals surface area contributed by atoms with E-state index in [4.69, 9.17) is 0 Å². The molecule has 32 heavy (non-hydrogen) atoms. The molecule has 1 aromatic rings. The van der Waals surface area contributed by atoms with Crippen molar-refractivity contribution in [1.82, 2.24) is 30.0 Å². The molecule has 1 saturated carbocycles. The molecule has 0 aromatic carbocycles. The molecular formula is C24H42N6O2. The van der Waals surface area contributed by atoms with Gasteiger partial charge in [-0.05, 0) is 52.1 Å². The first kappa shape index (κ1) is 24.7. The molecule has 8 nitrogen and oxygen atoms in total. The third-order valence-corrected chi connectivity index (χ3v) is 7.32. The van der Waals surface area contributed by atoms with Gasteiger partial charge in [-0.25, -0.2) is 4.98 Å². The largest absolute Gasteiger partial charge is 0.343 e. The van der Waals surface area contributed by atoms with Crippen LogP contribution in [0.15, 0.2) is 18.7 Å². The first-order valence-corrected chi connectivity index (χ1v) is 12.5. The standard InChI is InChI=1S/C24H42N6O2/c1-4-28(15-16-29-14-12-26-18-29)17-21-11-8-13-30(21)24(32)22(20-9-6-5-7-10-20)27-23(31)19(2)25-3/h12,14,18-22,25H,4-11,13,15-17H2,1-3H3,(H,27,31)/t19-,21-,22-/m0/s1. The van der Waals surface area contributed by atoms with E-state index in [1.54, 1.807) is 7.05 Å². The smallest absolute Gasteiger partial charge is 0.245 e. The fourth-order valence-electron chi connectivity index (χ4n) is 5.10. The van der Waals surface area contributed by atoms with Crippen molar-refractivity contribution in [3.63, 3.8) is 0 Å². The molecule has 1 aliphatic carbocycles. The van der Waals surface area contributed by atoms with Gasteiger partial charge in [-0.3, -0.25) is 14.5 Å². The zero-order valence-electron chi connectivity index (χ0n) is 20.1. The number of rotatable bonds is 11. The van der Waals surface area contributed by atoms with Crippen LogP contribution in [0.5, 0.6) is 0 Å². The Bertz CT molecular complexity index is 703. The van der Waals surface area contributed by atoms with E-state index < -0.39 is 6.04 Å². The minimum Gasteiger partial charge on any atom is -0.343 e. The van der Waals surface area contributed by atoms with Gasteiger partial charge < -0.3 is 20.1 Å². The Kier molecular flexibility index (Phi) is 9.53. The van der Waals surface area contributed by atoms with E-state index in [-0.39, 0.29) is 29.8 Å². The second kappa shape index (κ2) is 12.3. The van der Waals surface area contributed by atoms with Crippen LogP contribution in [-0.4, -0.2) is 82.5 Å². The van der Waals surface area contributed by atoms with Crippen LogP contribution in [0.2, 0.25) is 0 Å². The lowest BCUT2D eigenvalue weighted by Gasteiger charge is -2.36. The van der Waals surface area contributed by atoms with Crippen molar-refractivity contribution in [1.29, 1.82) is 0 Å². The number of hydrogen-bond donors (Lipinski definition) is 2. The molecule has 2 N–H and O–H groups in total. The van der Waals surface area contributed by atoms with Crippen LogP contribution in [-0.2, 0) is 16.1 Å². The third-order valence-electron chi connectivity index (χ3n) is 7.32. The summed E-state index contributed by atoms with van der Waals surface area (Å²) in [6.07, 6.45) is 13.3. The number of amides is 2. The fraction of sp³-hybridized carbons (Fsp3) is 0.792. The molecule has 1 aliphatic heterocycles. The Labute approximate surface area is 193 Å². The van der Waals surface area contributed by atoms with Crippen molar-refractivity contribution < 1.29 is 9.59 Å². The first-order valence-electron chi connectivity index (χ1n) is 12.5. The quantitative estimate of drug-likeness (QED) is 0.542. The van der Waals surface area contributed by atoms with Crippen LogP contribution in [0, 0.1) is 5.92 Å². The SMILES string of the molecule is CCN(CCn1ccnc1)C[C@@H]1CCCN1C(=O)[C@@H](NC(=O)[C@H](C)NC)C1CCCCC1. The van der Waals surface area contributed by atoms with Crippen LogP contribution >= 0.6 is 0 Å². The summed E-state index contributed by atoms with van der Waals surface area (Å²) in [4.78, 5) is 35.1. The maximum atomic E-state index is 13.8. The van der Waals surface area contributed by atoms with Gasteiger partial charge in [0.2, 0.25) is 11.8 Å². The zero-order valence-corrected chi connectivity index (χ0v) is 20.1. The average Bonchev–Trinajstić information content (AvgIpc) is 3.51. The van der Waals surface area contributed by atoms with Gasteiger partial charge in [0.15, 0.2) is 0 Å². The van der Waals surface area contributed by atoms with E-state index in [9.17, 15) is 9.59 Å². The van der Waals surface area contributed by atoms with Crippen molar-refractivity contribution in [3.05, 3.63) is 18.7 Å². The van der Waals surface area contributed by atoms with E-state index in [1.165, 1.54) is 6.42 Å². The summed E-state index contributed by atoms with van der Waals surface area (Å²) in [5.74, 6) is 0.290. The topological polar surface area (TPSA) is 82.5 Å². The van der Waals surface area contributed by atoms with Gasteiger partial charge >= 0.3 is 0 Å². The van der Waals surface area contributed by atoms with Crippen molar-refractivity contribution in [2.75, 3.05) is 33.2 Å². The summed E-state index contributed by atoms with van der Waals surface area (Å²) in [5, 5.41) is 6.13. The summed E-state index contributed by atoms with van der Waals surface area (Å²) < 4.78 is 2.10. The minimum absolute atomic E-state index is 0.0808. The van der Waals surface area contributed by atoms with E-state index in [1.807, 2.05) is 25.6 Å². The summed E-state index contributed by atoms with van der Waals surface area (Å²) in [6.45, 7) is 8.49. The summed E-state index contributed by atoms with van der Waals surface area (Å²) in [6, 6.07) is -0.489. The third kappa shape index (κ3) is 6.54. The van der Waals surface area contributed by atoms with Crippen LogP contribution in [0.3, 0.4) is 0 Å². The molecule has 1 aromatic heterocycles. The molecule has 2 aliphatic rings. The molecule has 2 fully saturated rings. The molecule has 0 spiro atoms. The molecule has 0 radical (unpaired) electrons. The number of likely N-dealkylation sites (N-methyl/N-ethyl adjacent to an activating group) is 2. The summed E-state index contributed by atoms with van der Waals surface area (Å²) in [5.41, 5.74) is 0. The molecular weight excluding hydrogens is 404 g/mol. The van der Waals surface area contributed by atoms with E-state index in [0.29, 0.717) is 0 Å². The van der Waals surface area contributed by atoms with E-state index in [2.05, 4.69) is 36.9 Å². The molecule has 2 amide bonds.